The van der Waals surface area contributed by atoms with Crippen molar-refractivity contribution in [1.29, 1.82) is 0 Å². The predicted molar refractivity (Wildman–Crippen MR) is 43.3 cm³/mol. The molecule has 0 atom stereocenters. The van der Waals surface area contributed by atoms with Gasteiger partial charge >= 0.3 is 6.36 Å². The van der Waals surface area contributed by atoms with Crippen LogP contribution in [-0.2, 0) is 0 Å². The molecular weight excluding hydrogens is 240 g/mol. The topological polar surface area (TPSA) is 26.3 Å². The van der Waals surface area contributed by atoms with E-state index in [4.69, 9.17) is 11.6 Å². The molecular formula is C8H3ClF4O2. The van der Waals surface area contributed by atoms with Crippen molar-refractivity contribution in [3.8, 4) is 5.75 Å². The molecule has 0 aromatic heterocycles. The maximum atomic E-state index is 13.1. The van der Waals surface area contributed by atoms with E-state index in [1.54, 1.807) is 0 Å². The van der Waals surface area contributed by atoms with Crippen LogP contribution < -0.4 is 4.74 Å². The highest BCUT2D eigenvalue weighted by atomic mass is 35.5. The molecule has 0 saturated carbocycles. The Morgan fingerprint density at radius 3 is 2.40 bits per heavy atom. The summed E-state index contributed by atoms with van der Waals surface area (Å²) in [5.74, 6) is -2.52. The molecule has 0 amide bonds. The van der Waals surface area contributed by atoms with Gasteiger partial charge in [-0.1, -0.05) is 6.07 Å². The Balaban J connectivity index is 3.10. The van der Waals surface area contributed by atoms with E-state index in [2.05, 4.69) is 4.74 Å². The number of benzene rings is 1. The maximum Gasteiger partial charge on any atom is 0.573 e. The monoisotopic (exact) mass is 242 g/mol. The van der Waals surface area contributed by atoms with Gasteiger partial charge in [0.25, 0.3) is 5.24 Å². The van der Waals surface area contributed by atoms with Crippen LogP contribution >= 0.6 is 11.6 Å². The molecule has 0 aliphatic carbocycles. The van der Waals surface area contributed by atoms with Gasteiger partial charge in [-0.05, 0) is 23.7 Å². The molecule has 0 aliphatic rings. The van der Waals surface area contributed by atoms with Crippen molar-refractivity contribution in [2.45, 2.75) is 6.36 Å². The highest BCUT2D eigenvalue weighted by Gasteiger charge is 2.33. The lowest BCUT2D eigenvalue weighted by atomic mass is 10.2. The van der Waals surface area contributed by atoms with Crippen molar-refractivity contribution in [3.05, 3.63) is 29.6 Å². The second kappa shape index (κ2) is 4.06. The second-order valence-corrected chi connectivity index (χ2v) is 2.78. The fraction of sp³-hybridized carbons (Fsp3) is 0.125. The number of ether oxygens (including phenoxy) is 1. The quantitative estimate of drug-likeness (QED) is 0.588. The van der Waals surface area contributed by atoms with Gasteiger partial charge in [-0.15, -0.1) is 13.2 Å². The molecule has 0 radical (unpaired) electrons. The number of carbonyl (C=O) groups is 1. The van der Waals surface area contributed by atoms with Gasteiger partial charge < -0.3 is 4.74 Å². The molecule has 0 saturated heterocycles. The zero-order valence-electron chi connectivity index (χ0n) is 6.94. The Bertz CT molecular complexity index is 389. The molecule has 0 spiro atoms. The summed E-state index contributed by atoms with van der Waals surface area (Å²) < 4.78 is 51.7. The first-order chi connectivity index (χ1) is 6.81. The smallest absolute Gasteiger partial charge is 0.403 e. The summed E-state index contributed by atoms with van der Waals surface area (Å²) in [4.78, 5) is 10.6. The lowest BCUT2D eigenvalue weighted by Gasteiger charge is -2.10. The molecule has 0 aliphatic heterocycles. The Kier molecular flexibility index (Phi) is 3.18. The largest absolute Gasteiger partial charge is 0.573 e. The van der Waals surface area contributed by atoms with Crippen molar-refractivity contribution < 1.29 is 27.1 Å². The number of hydrogen-bond acceptors (Lipinski definition) is 2. The molecule has 1 aromatic carbocycles. The Hall–Kier alpha value is -1.30. The van der Waals surface area contributed by atoms with Crippen LogP contribution in [0.2, 0.25) is 0 Å². The van der Waals surface area contributed by atoms with E-state index in [-0.39, 0.29) is 0 Å². The van der Waals surface area contributed by atoms with E-state index in [0.29, 0.717) is 0 Å². The average Bonchev–Trinajstić information content (AvgIpc) is 2.05. The van der Waals surface area contributed by atoms with E-state index in [9.17, 15) is 22.4 Å². The lowest BCUT2D eigenvalue weighted by Crippen LogP contribution is -2.18. The van der Waals surface area contributed by atoms with Crippen LogP contribution in [0.15, 0.2) is 18.2 Å². The number of rotatable bonds is 2. The molecule has 0 fully saturated rings. The molecule has 0 N–H and O–H groups in total. The average molecular weight is 243 g/mol. The van der Waals surface area contributed by atoms with E-state index in [1.165, 1.54) is 0 Å². The first kappa shape index (κ1) is 11.8. The Morgan fingerprint density at radius 2 is 1.93 bits per heavy atom. The van der Waals surface area contributed by atoms with Gasteiger partial charge in [0.15, 0.2) is 11.6 Å². The first-order valence-electron chi connectivity index (χ1n) is 3.55. The summed E-state index contributed by atoms with van der Waals surface area (Å²) in [6.45, 7) is 0. The summed E-state index contributed by atoms with van der Waals surface area (Å²) in [5.41, 5.74) is -0.668. The van der Waals surface area contributed by atoms with Crippen molar-refractivity contribution in [1.82, 2.24) is 0 Å². The highest BCUT2D eigenvalue weighted by molar-refractivity contribution is 6.67. The van der Waals surface area contributed by atoms with Gasteiger partial charge in [-0.2, -0.15) is 0 Å². The standard InChI is InChI=1S/C8H3ClF4O2/c9-7(14)4-2-1-3-5(6(4)10)15-8(11,12)13/h1-3H. The summed E-state index contributed by atoms with van der Waals surface area (Å²) in [6.07, 6.45) is -5.02. The molecule has 2 nitrogen and oxygen atoms in total. The molecule has 7 heteroatoms. The van der Waals surface area contributed by atoms with E-state index < -0.39 is 28.7 Å². The van der Waals surface area contributed by atoms with Crippen LogP contribution in [0.25, 0.3) is 0 Å². The summed E-state index contributed by atoms with van der Waals surface area (Å²) >= 11 is 4.94. The Labute approximate surface area is 86.4 Å². The normalized spacial score (nSPS) is 11.3. The van der Waals surface area contributed by atoms with Crippen LogP contribution in [-0.4, -0.2) is 11.6 Å². The lowest BCUT2D eigenvalue weighted by molar-refractivity contribution is -0.275. The zero-order chi connectivity index (χ0) is 11.6. The molecule has 0 unspecified atom stereocenters. The minimum atomic E-state index is -5.02. The number of hydrogen-bond donors (Lipinski definition) is 0. The van der Waals surface area contributed by atoms with Crippen LogP contribution in [0.4, 0.5) is 17.6 Å². The molecule has 0 heterocycles. The third kappa shape index (κ3) is 3.09. The zero-order valence-corrected chi connectivity index (χ0v) is 7.69. The van der Waals surface area contributed by atoms with Crippen molar-refractivity contribution >= 4 is 16.8 Å². The molecule has 0 bridgehead atoms. The summed E-state index contributed by atoms with van der Waals surface area (Å²) in [7, 11) is 0. The Morgan fingerprint density at radius 1 is 1.33 bits per heavy atom. The second-order valence-electron chi connectivity index (χ2n) is 2.44. The molecule has 82 valence electrons. The van der Waals surface area contributed by atoms with Crippen LogP contribution in [0.5, 0.6) is 5.75 Å². The fourth-order valence-corrected chi connectivity index (χ4v) is 1.01. The maximum absolute atomic E-state index is 13.1. The molecule has 1 aromatic rings. The highest BCUT2D eigenvalue weighted by Crippen LogP contribution is 2.27. The van der Waals surface area contributed by atoms with Gasteiger partial charge in [-0.25, -0.2) is 4.39 Å². The van der Waals surface area contributed by atoms with Gasteiger partial charge in [0, 0.05) is 0 Å². The summed E-state index contributed by atoms with van der Waals surface area (Å²) in [5, 5.41) is -1.19. The van der Waals surface area contributed by atoms with Crippen LogP contribution in [0.3, 0.4) is 0 Å². The molecule has 1 rings (SSSR count). The number of alkyl halides is 3. The summed E-state index contributed by atoms with van der Waals surface area (Å²) in [6, 6.07) is 2.72. The van der Waals surface area contributed by atoms with E-state index in [0.717, 1.165) is 18.2 Å². The van der Waals surface area contributed by atoms with Crippen molar-refractivity contribution in [2.75, 3.05) is 0 Å². The minimum absolute atomic E-state index is 0.668. The van der Waals surface area contributed by atoms with Gasteiger partial charge in [-0.3, -0.25) is 4.79 Å². The third-order valence-corrected chi connectivity index (χ3v) is 1.60. The van der Waals surface area contributed by atoms with Crippen molar-refractivity contribution in [3.63, 3.8) is 0 Å². The van der Waals surface area contributed by atoms with Gasteiger partial charge in [0.2, 0.25) is 0 Å². The van der Waals surface area contributed by atoms with E-state index >= 15 is 0 Å². The minimum Gasteiger partial charge on any atom is -0.403 e. The number of halogens is 5. The van der Waals surface area contributed by atoms with Crippen molar-refractivity contribution in [2.24, 2.45) is 0 Å². The van der Waals surface area contributed by atoms with Crippen LogP contribution in [0.1, 0.15) is 10.4 Å². The van der Waals surface area contributed by atoms with Gasteiger partial charge in [0.1, 0.15) is 0 Å². The third-order valence-electron chi connectivity index (χ3n) is 1.40. The van der Waals surface area contributed by atoms with E-state index in [1.807, 2.05) is 0 Å². The SMILES string of the molecule is O=C(Cl)c1cccc(OC(F)(F)F)c1F. The number of carbonyl (C=O) groups excluding carboxylic acids is 1. The van der Waals surface area contributed by atoms with Gasteiger partial charge in [0.05, 0.1) is 5.56 Å². The first-order valence-corrected chi connectivity index (χ1v) is 3.93. The predicted octanol–water partition coefficient (Wildman–Crippen LogP) is 3.10. The fourth-order valence-electron chi connectivity index (χ4n) is 0.866. The van der Waals surface area contributed by atoms with Crippen LogP contribution in [0, 0.1) is 5.82 Å². The molecule has 15 heavy (non-hydrogen) atoms.